The van der Waals surface area contributed by atoms with Gasteiger partial charge in [-0.2, -0.15) is 0 Å². The van der Waals surface area contributed by atoms with E-state index in [0.717, 1.165) is 51.2 Å². The molecule has 2 saturated heterocycles. The van der Waals surface area contributed by atoms with Crippen molar-refractivity contribution in [3.8, 4) is 0 Å². The fraction of sp³-hybridized carbons (Fsp3) is 0.632. The van der Waals surface area contributed by atoms with Crippen LogP contribution in [0.1, 0.15) is 25.7 Å². The lowest BCUT2D eigenvalue weighted by atomic mass is 10.1. The molecule has 138 valence electrons. The third-order valence-corrected chi connectivity index (χ3v) is 4.84. The molecule has 1 aromatic rings. The number of anilines is 1. The first kappa shape index (κ1) is 18.1. The highest BCUT2D eigenvalue weighted by atomic mass is 19.1. The summed E-state index contributed by atoms with van der Waals surface area (Å²) in [5, 5.41) is 0. The highest BCUT2D eigenvalue weighted by molar-refractivity contribution is 5.77. The van der Waals surface area contributed by atoms with Crippen molar-refractivity contribution < 1.29 is 18.7 Å². The summed E-state index contributed by atoms with van der Waals surface area (Å²) in [5.41, 5.74) is 1.00. The normalized spacial score (nSPS) is 21.9. The molecule has 2 heterocycles. The number of hydrogen-bond acceptors (Lipinski definition) is 4. The van der Waals surface area contributed by atoms with E-state index in [0.29, 0.717) is 13.2 Å². The molecule has 0 aliphatic carbocycles. The highest BCUT2D eigenvalue weighted by Crippen LogP contribution is 2.17. The molecule has 6 heteroatoms. The van der Waals surface area contributed by atoms with Crippen molar-refractivity contribution in [2.75, 3.05) is 50.9 Å². The van der Waals surface area contributed by atoms with Gasteiger partial charge in [-0.05, 0) is 49.9 Å². The second-order valence-corrected chi connectivity index (χ2v) is 6.70. The van der Waals surface area contributed by atoms with Crippen molar-refractivity contribution in [2.24, 2.45) is 0 Å². The number of halogens is 1. The van der Waals surface area contributed by atoms with Gasteiger partial charge in [0.15, 0.2) is 0 Å². The van der Waals surface area contributed by atoms with Crippen LogP contribution in [0.15, 0.2) is 24.3 Å². The van der Waals surface area contributed by atoms with E-state index in [4.69, 9.17) is 9.47 Å². The SMILES string of the molecule is O=C(COC[C@@H]1CCCCO1)N1CCCN(c2ccc(F)cc2)CC1. The number of amides is 1. The number of nitrogens with zero attached hydrogens (tertiary/aromatic N) is 2. The van der Waals surface area contributed by atoms with E-state index in [2.05, 4.69) is 4.90 Å². The summed E-state index contributed by atoms with van der Waals surface area (Å²) in [5.74, 6) is -0.189. The van der Waals surface area contributed by atoms with Crippen molar-refractivity contribution in [2.45, 2.75) is 31.8 Å². The van der Waals surface area contributed by atoms with E-state index < -0.39 is 0 Å². The van der Waals surface area contributed by atoms with Crippen LogP contribution < -0.4 is 4.90 Å². The summed E-state index contributed by atoms with van der Waals surface area (Å²) >= 11 is 0. The standard InChI is InChI=1S/C19H27FN2O3/c20-16-5-7-17(8-6-16)21-9-3-10-22(12-11-21)19(23)15-24-14-18-4-1-2-13-25-18/h5-8,18H,1-4,9-15H2/t18-/m0/s1. The van der Waals surface area contributed by atoms with Crippen molar-refractivity contribution in [3.05, 3.63) is 30.1 Å². The molecule has 0 N–H and O–H groups in total. The van der Waals surface area contributed by atoms with Crippen LogP contribution in [0.4, 0.5) is 10.1 Å². The molecule has 0 bridgehead atoms. The Morgan fingerprint density at radius 3 is 2.72 bits per heavy atom. The Labute approximate surface area is 148 Å². The lowest BCUT2D eigenvalue weighted by molar-refractivity contribution is -0.138. The first-order valence-electron chi connectivity index (χ1n) is 9.20. The molecule has 1 aromatic carbocycles. The zero-order valence-corrected chi connectivity index (χ0v) is 14.7. The third kappa shape index (κ3) is 5.41. The third-order valence-electron chi connectivity index (χ3n) is 4.84. The zero-order valence-electron chi connectivity index (χ0n) is 14.7. The van der Waals surface area contributed by atoms with Gasteiger partial charge in [0.1, 0.15) is 12.4 Å². The van der Waals surface area contributed by atoms with Crippen LogP contribution in [0.25, 0.3) is 0 Å². The predicted octanol–water partition coefficient (Wildman–Crippen LogP) is 2.45. The minimum absolute atomic E-state index is 0.0387. The van der Waals surface area contributed by atoms with Gasteiger partial charge in [0.2, 0.25) is 5.91 Å². The first-order valence-corrected chi connectivity index (χ1v) is 9.20. The van der Waals surface area contributed by atoms with Crippen molar-refractivity contribution in [3.63, 3.8) is 0 Å². The molecule has 25 heavy (non-hydrogen) atoms. The summed E-state index contributed by atoms with van der Waals surface area (Å²) in [6.45, 7) is 4.44. The smallest absolute Gasteiger partial charge is 0.248 e. The van der Waals surface area contributed by atoms with Crippen molar-refractivity contribution in [1.29, 1.82) is 0 Å². The lowest BCUT2D eigenvalue weighted by Gasteiger charge is -2.25. The second-order valence-electron chi connectivity index (χ2n) is 6.70. The molecule has 3 rings (SSSR count). The fourth-order valence-electron chi connectivity index (χ4n) is 3.38. The molecule has 1 amide bonds. The maximum absolute atomic E-state index is 13.1. The van der Waals surface area contributed by atoms with E-state index >= 15 is 0 Å². The monoisotopic (exact) mass is 350 g/mol. The Bertz CT molecular complexity index is 546. The average molecular weight is 350 g/mol. The van der Waals surface area contributed by atoms with Crippen LogP contribution in [-0.2, 0) is 14.3 Å². The van der Waals surface area contributed by atoms with Crippen LogP contribution in [0.2, 0.25) is 0 Å². The van der Waals surface area contributed by atoms with Gasteiger partial charge in [0, 0.05) is 38.5 Å². The number of rotatable bonds is 5. The molecule has 0 aromatic heterocycles. The van der Waals surface area contributed by atoms with Crippen LogP contribution in [0.5, 0.6) is 0 Å². The van der Waals surface area contributed by atoms with Gasteiger partial charge < -0.3 is 19.3 Å². The summed E-state index contributed by atoms with van der Waals surface area (Å²) in [4.78, 5) is 16.4. The Hall–Kier alpha value is -1.66. The number of ether oxygens (including phenoxy) is 2. The Morgan fingerprint density at radius 2 is 1.96 bits per heavy atom. The number of carbonyl (C=O) groups excluding carboxylic acids is 1. The van der Waals surface area contributed by atoms with Gasteiger partial charge in [-0.3, -0.25) is 4.79 Å². The predicted molar refractivity (Wildman–Crippen MR) is 94.2 cm³/mol. The highest BCUT2D eigenvalue weighted by Gasteiger charge is 2.20. The molecule has 2 aliphatic rings. The average Bonchev–Trinajstić information content (AvgIpc) is 2.89. The second kappa shape index (κ2) is 9.15. The summed E-state index contributed by atoms with van der Waals surface area (Å²) in [6, 6.07) is 6.54. The van der Waals surface area contributed by atoms with E-state index in [1.807, 2.05) is 4.90 Å². The topological polar surface area (TPSA) is 42.0 Å². The van der Waals surface area contributed by atoms with Gasteiger partial charge in [0.05, 0.1) is 12.7 Å². The maximum atomic E-state index is 13.1. The molecule has 0 radical (unpaired) electrons. The molecule has 5 nitrogen and oxygen atoms in total. The first-order chi connectivity index (χ1) is 12.2. The number of carbonyl (C=O) groups is 1. The zero-order chi connectivity index (χ0) is 17.5. The molecule has 0 saturated carbocycles. The van der Waals surface area contributed by atoms with Gasteiger partial charge in [0.25, 0.3) is 0 Å². The summed E-state index contributed by atoms with van der Waals surface area (Å²) in [7, 11) is 0. The molecule has 2 fully saturated rings. The largest absolute Gasteiger partial charge is 0.376 e. The van der Waals surface area contributed by atoms with Gasteiger partial charge in [-0.15, -0.1) is 0 Å². The minimum atomic E-state index is -0.227. The quantitative estimate of drug-likeness (QED) is 0.818. The van der Waals surface area contributed by atoms with E-state index in [1.165, 1.54) is 18.6 Å². The van der Waals surface area contributed by atoms with Crippen LogP contribution >= 0.6 is 0 Å². The van der Waals surface area contributed by atoms with Crippen LogP contribution in [0, 0.1) is 5.82 Å². The number of hydrogen-bond donors (Lipinski definition) is 0. The Balaban J connectivity index is 1.42. The fourth-order valence-corrected chi connectivity index (χ4v) is 3.38. The van der Waals surface area contributed by atoms with E-state index in [1.54, 1.807) is 12.1 Å². The molecule has 2 aliphatic heterocycles. The minimum Gasteiger partial charge on any atom is -0.376 e. The van der Waals surface area contributed by atoms with Crippen LogP contribution in [-0.4, -0.2) is 62.9 Å². The Kier molecular flexibility index (Phi) is 6.64. The van der Waals surface area contributed by atoms with Crippen LogP contribution in [0.3, 0.4) is 0 Å². The molecular formula is C19H27FN2O3. The van der Waals surface area contributed by atoms with Crippen molar-refractivity contribution >= 4 is 11.6 Å². The van der Waals surface area contributed by atoms with E-state index in [-0.39, 0.29) is 24.4 Å². The summed E-state index contributed by atoms with van der Waals surface area (Å²) < 4.78 is 24.3. The van der Waals surface area contributed by atoms with Gasteiger partial charge >= 0.3 is 0 Å². The number of benzene rings is 1. The summed E-state index contributed by atoms with van der Waals surface area (Å²) in [6.07, 6.45) is 4.35. The van der Waals surface area contributed by atoms with Crippen molar-refractivity contribution in [1.82, 2.24) is 4.90 Å². The maximum Gasteiger partial charge on any atom is 0.248 e. The molecular weight excluding hydrogens is 323 g/mol. The van der Waals surface area contributed by atoms with Gasteiger partial charge in [-0.1, -0.05) is 0 Å². The molecule has 0 spiro atoms. The molecule has 0 unspecified atom stereocenters. The Morgan fingerprint density at radius 1 is 1.12 bits per heavy atom. The lowest BCUT2D eigenvalue weighted by Crippen LogP contribution is -2.38. The van der Waals surface area contributed by atoms with E-state index in [9.17, 15) is 9.18 Å². The van der Waals surface area contributed by atoms with Gasteiger partial charge in [-0.25, -0.2) is 4.39 Å². The molecule has 1 atom stereocenters.